The van der Waals surface area contributed by atoms with E-state index < -0.39 is 0 Å². The lowest BCUT2D eigenvalue weighted by atomic mass is 10.0. The summed E-state index contributed by atoms with van der Waals surface area (Å²) in [5, 5.41) is 0. The average Bonchev–Trinajstić information content (AvgIpc) is 2.58. The number of aromatic nitrogens is 1. The fourth-order valence-electron chi connectivity index (χ4n) is 2.81. The van der Waals surface area contributed by atoms with Gasteiger partial charge in [-0.25, -0.2) is 0 Å². The molecule has 1 fully saturated rings. The van der Waals surface area contributed by atoms with Crippen LogP contribution in [0.1, 0.15) is 18.4 Å². The molecule has 5 nitrogen and oxygen atoms in total. The van der Waals surface area contributed by atoms with Crippen molar-refractivity contribution in [3.63, 3.8) is 0 Å². The highest BCUT2D eigenvalue weighted by Gasteiger charge is 2.20. The molecule has 126 valence electrons. The van der Waals surface area contributed by atoms with Crippen LogP contribution in [0.5, 0.6) is 0 Å². The Morgan fingerprint density at radius 1 is 1.26 bits per heavy atom. The SMILES string of the molecule is CN1CCC(N(C)CCN(C)C(=O)/C=C\c2ccncc2)CC1. The molecule has 5 heteroatoms. The fraction of sp³-hybridized carbons (Fsp3) is 0.556. The Kier molecular flexibility index (Phi) is 6.74. The number of hydrogen-bond acceptors (Lipinski definition) is 4. The van der Waals surface area contributed by atoms with Crippen molar-refractivity contribution in [2.24, 2.45) is 0 Å². The quantitative estimate of drug-likeness (QED) is 0.747. The van der Waals surface area contributed by atoms with E-state index in [4.69, 9.17) is 0 Å². The minimum atomic E-state index is 0.0404. The van der Waals surface area contributed by atoms with Gasteiger partial charge >= 0.3 is 0 Å². The summed E-state index contributed by atoms with van der Waals surface area (Å²) < 4.78 is 0. The van der Waals surface area contributed by atoms with Crippen LogP contribution in [0.3, 0.4) is 0 Å². The Labute approximate surface area is 139 Å². The third-order valence-corrected chi connectivity index (χ3v) is 4.60. The molecule has 1 aromatic heterocycles. The fourth-order valence-corrected chi connectivity index (χ4v) is 2.81. The number of hydrogen-bond donors (Lipinski definition) is 0. The summed E-state index contributed by atoms with van der Waals surface area (Å²) in [5.74, 6) is 0.0404. The number of carbonyl (C=O) groups is 1. The van der Waals surface area contributed by atoms with E-state index in [1.807, 2.05) is 25.3 Å². The van der Waals surface area contributed by atoms with Gasteiger partial charge in [-0.05, 0) is 63.8 Å². The zero-order chi connectivity index (χ0) is 16.7. The largest absolute Gasteiger partial charge is 0.341 e. The molecule has 1 aliphatic heterocycles. The molecule has 0 spiro atoms. The molecule has 1 aliphatic rings. The third-order valence-electron chi connectivity index (χ3n) is 4.60. The van der Waals surface area contributed by atoms with E-state index in [-0.39, 0.29) is 5.91 Å². The third kappa shape index (κ3) is 5.77. The van der Waals surface area contributed by atoms with Crippen molar-refractivity contribution in [1.82, 2.24) is 19.7 Å². The molecule has 0 radical (unpaired) electrons. The smallest absolute Gasteiger partial charge is 0.246 e. The van der Waals surface area contributed by atoms with Crippen LogP contribution >= 0.6 is 0 Å². The predicted octanol–water partition coefficient (Wildman–Crippen LogP) is 1.58. The van der Waals surface area contributed by atoms with Crippen LogP contribution in [0.25, 0.3) is 6.08 Å². The van der Waals surface area contributed by atoms with E-state index in [1.165, 1.54) is 25.9 Å². The average molecular weight is 316 g/mol. The van der Waals surface area contributed by atoms with Crippen molar-refractivity contribution in [3.05, 3.63) is 36.2 Å². The zero-order valence-electron chi connectivity index (χ0n) is 14.5. The normalized spacial score (nSPS) is 17.0. The van der Waals surface area contributed by atoms with Gasteiger partial charge in [0.15, 0.2) is 0 Å². The van der Waals surface area contributed by atoms with Crippen LogP contribution in [-0.4, -0.2) is 79.0 Å². The lowest BCUT2D eigenvalue weighted by Gasteiger charge is -2.35. The number of amides is 1. The van der Waals surface area contributed by atoms with Gasteiger partial charge in [-0.3, -0.25) is 9.78 Å². The first-order chi connectivity index (χ1) is 11.1. The first-order valence-electron chi connectivity index (χ1n) is 8.28. The molecule has 0 atom stereocenters. The minimum absolute atomic E-state index is 0.0404. The minimum Gasteiger partial charge on any atom is -0.341 e. The van der Waals surface area contributed by atoms with Crippen molar-refractivity contribution in [2.45, 2.75) is 18.9 Å². The van der Waals surface area contributed by atoms with Gasteiger partial charge in [0.2, 0.25) is 5.91 Å². The Bertz CT molecular complexity index is 509. The second-order valence-electron chi connectivity index (χ2n) is 6.39. The van der Waals surface area contributed by atoms with Gasteiger partial charge in [-0.2, -0.15) is 0 Å². The molecule has 1 saturated heterocycles. The van der Waals surface area contributed by atoms with Crippen molar-refractivity contribution in [2.75, 3.05) is 47.3 Å². The highest BCUT2D eigenvalue weighted by Crippen LogP contribution is 2.13. The monoisotopic (exact) mass is 316 g/mol. The maximum absolute atomic E-state index is 12.1. The number of nitrogens with zero attached hydrogens (tertiary/aromatic N) is 4. The summed E-state index contributed by atoms with van der Waals surface area (Å²) in [4.78, 5) is 22.7. The highest BCUT2D eigenvalue weighted by atomic mass is 16.2. The van der Waals surface area contributed by atoms with Crippen LogP contribution < -0.4 is 0 Å². The van der Waals surface area contributed by atoms with Gasteiger partial charge < -0.3 is 14.7 Å². The molecule has 23 heavy (non-hydrogen) atoms. The number of likely N-dealkylation sites (tertiary alicyclic amines) is 1. The zero-order valence-corrected chi connectivity index (χ0v) is 14.5. The lowest BCUT2D eigenvalue weighted by molar-refractivity contribution is -0.124. The molecule has 0 aromatic carbocycles. The summed E-state index contributed by atoms with van der Waals surface area (Å²) in [5.41, 5.74) is 0.991. The van der Waals surface area contributed by atoms with E-state index in [2.05, 4.69) is 28.9 Å². The van der Waals surface area contributed by atoms with Gasteiger partial charge in [0.25, 0.3) is 0 Å². The second kappa shape index (κ2) is 8.79. The van der Waals surface area contributed by atoms with Crippen LogP contribution in [0, 0.1) is 0 Å². The summed E-state index contributed by atoms with van der Waals surface area (Å²) in [6.45, 7) is 4.00. The summed E-state index contributed by atoms with van der Waals surface area (Å²) >= 11 is 0. The molecule has 0 unspecified atom stereocenters. The van der Waals surface area contributed by atoms with Crippen LogP contribution in [-0.2, 0) is 4.79 Å². The second-order valence-corrected chi connectivity index (χ2v) is 6.39. The molecule has 2 rings (SSSR count). The van der Waals surface area contributed by atoms with Crippen LogP contribution in [0.4, 0.5) is 0 Å². The molecular weight excluding hydrogens is 288 g/mol. The first kappa shape index (κ1) is 17.6. The van der Waals surface area contributed by atoms with Crippen molar-refractivity contribution < 1.29 is 4.79 Å². The maximum atomic E-state index is 12.1. The van der Waals surface area contributed by atoms with Gasteiger partial charge in [-0.1, -0.05) is 0 Å². The molecule has 0 saturated carbocycles. The summed E-state index contributed by atoms with van der Waals surface area (Å²) in [6.07, 6.45) is 9.35. The van der Waals surface area contributed by atoms with Crippen molar-refractivity contribution in [3.8, 4) is 0 Å². The summed E-state index contributed by atoms with van der Waals surface area (Å²) in [6, 6.07) is 4.41. The number of likely N-dealkylation sites (N-methyl/N-ethyl adjacent to an activating group) is 2. The van der Waals surface area contributed by atoms with Crippen LogP contribution in [0.15, 0.2) is 30.6 Å². The van der Waals surface area contributed by atoms with Gasteiger partial charge in [0.1, 0.15) is 0 Å². The van der Waals surface area contributed by atoms with Gasteiger partial charge in [0.05, 0.1) is 0 Å². The van der Waals surface area contributed by atoms with Crippen LogP contribution in [0.2, 0.25) is 0 Å². The number of pyridine rings is 1. The van der Waals surface area contributed by atoms with Gasteiger partial charge in [-0.15, -0.1) is 0 Å². The molecule has 0 aliphatic carbocycles. The molecule has 1 aromatic rings. The Hall–Kier alpha value is -1.72. The van der Waals surface area contributed by atoms with E-state index in [9.17, 15) is 4.79 Å². The predicted molar refractivity (Wildman–Crippen MR) is 94.1 cm³/mol. The van der Waals surface area contributed by atoms with Gasteiger partial charge in [0, 0.05) is 44.6 Å². The highest BCUT2D eigenvalue weighted by molar-refractivity contribution is 5.91. The Morgan fingerprint density at radius 2 is 1.91 bits per heavy atom. The maximum Gasteiger partial charge on any atom is 0.246 e. The van der Waals surface area contributed by atoms with Crippen molar-refractivity contribution >= 4 is 12.0 Å². The Balaban J connectivity index is 1.74. The van der Waals surface area contributed by atoms with Crippen molar-refractivity contribution in [1.29, 1.82) is 0 Å². The van der Waals surface area contributed by atoms with E-state index in [1.54, 1.807) is 23.4 Å². The molecule has 2 heterocycles. The number of rotatable bonds is 6. The standard InChI is InChI=1S/C18H28N4O/c1-20-12-8-17(9-13-20)21(2)14-15-22(3)18(23)5-4-16-6-10-19-11-7-16/h4-7,10-11,17H,8-9,12-15H2,1-3H3/b5-4-. The lowest BCUT2D eigenvalue weighted by Crippen LogP contribution is -2.44. The number of carbonyl (C=O) groups excluding carboxylic acids is 1. The van der Waals surface area contributed by atoms with E-state index in [0.717, 1.165) is 18.7 Å². The molecular formula is C18H28N4O. The molecule has 0 N–H and O–H groups in total. The molecule has 1 amide bonds. The molecule has 0 bridgehead atoms. The Morgan fingerprint density at radius 3 is 2.57 bits per heavy atom. The van der Waals surface area contributed by atoms with E-state index in [0.29, 0.717) is 6.04 Å². The van der Waals surface area contributed by atoms with E-state index >= 15 is 0 Å². The summed E-state index contributed by atoms with van der Waals surface area (Å²) in [7, 11) is 6.21. The topological polar surface area (TPSA) is 39.7 Å². The first-order valence-corrected chi connectivity index (χ1v) is 8.28. The number of piperidine rings is 1.